The Morgan fingerprint density at radius 3 is 3.10 bits per heavy atom. The third-order valence-electron chi connectivity index (χ3n) is 3.04. The van der Waals surface area contributed by atoms with Crippen LogP contribution in [0, 0.1) is 0 Å². The summed E-state index contributed by atoms with van der Waals surface area (Å²) >= 11 is 6.89. The molecular weight excluding hydrogens is 390 g/mol. The summed E-state index contributed by atoms with van der Waals surface area (Å²) in [6.45, 7) is 4.35. The number of ether oxygens (including phenoxy) is 1. The topological polar surface area (TPSA) is 54.5 Å². The zero-order valence-corrected chi connectivity index (χ0v) is 14.4. The number of nitrogens with one attached hydrogen (secondary N) is 1. The Labute approximate surface area is 135 Å². The molecule has 20 heavy (non-hydrogen) atoms. The van der Waals surface area contributed by atoms with Crippen LogP contribution in [0.3, 0.4) is 0 Å². The van der Waals surface area contributed by atoms with Crippen molar-refractivity contribution in [2.45, 2.75) is 19.4 Å². The Bertz CT molecular complexity index is 485. The standard InChI is InChI=1S/C13H17Br2N3O2/c1-2-3-16-13(19)11-8-20-5-4-18(11)12-10(15)6-9(14)7-17-12/h6-7,11H,2-5,8H2,1H3,(H,16,19). The molecule has 1 saturated heterocycles. The average Bonchev–Trinajstić information content (AvgIpc) is 2.45. The second-order valence-corrected chi connectivity index (χ2v) is 6.30. The Kier molecular flexibility index (Phi) is 5.80. The maximum Gasteiger partial charge on any atom is 0.245 e. The number of carbonyl (C=O) groups excluding carboxylic acids is 1. The van der Waals surface area contributed by atoms with Gasteiger partial charge in [0, 0.05) is 23.8 Å². The van der Waals surface area contributed by atoms with E-state index in [-0.39, 0.29) is 11.9 Å². The van der Waals surface area contributed by atoms with Crippen LogP contribution in [0.5, 0.6) is 0 Å². The molecule has 1 aromatic heterocycles. The van der Waals surface area contributed by atoms with Gasteiger partial charge in [-0.2, -0.15) is 0 Å². The number of morpholine rings is 1. The van der Waals surface area contributed by atoms with Crippen molar-refractivity contribution in [3.63, 3.8) is 0 Å². The summed E-state index contributed by atoms with van der Waals surface area (Å²) in [7, 11) is 0. The van der Waals surface area contributed by atoms with Crippen LogP contribution in [0.15, 0.2) is 21.2 Å². The van der Waals surface area contributed by atoms with Crippen molar-refractivity contribution < 1.29 is 9.53 Å². The normalized spacial score (nSPS) is 18.9. The van der Waals surface area contributed by atoms with Gasteiger partial charge in [0.2, 0.25) is 5.91 Å². The molecule has 0 aromatic carbocycles. The number of hydrogen-bond acceptors (Lipinski definition) is 4. The van der Waals surface area contributed by atoms with E-state index in [9.17, 15) is 4.79 Å². The number of hydrogen-bond donors (Lipinski definition) is 1. The van der Waals surface area contributed by atoms with E-state index in [1.165, 1.54) is 0 Å². The molecule has 0 aliphatic carbocycles. The Hall–Kier alpha value is -0.660. The van der Waals surface area contributed by atoms with Gasteiger partial charge in [-0.3, -0.25) is 4.79 Å². The van der Waals surface area contributed by atoms with Gasteiger partial charge in [-0.1, -0.05) is 6.92 Å². The lowest BCUT2D eigenvalue weighted by atomic mass is 10.2. The highest BCUT2D eigenvalue weighted by atomic mass is 79.9. The first kappa shape index (κ1) is 15.7. The lowest BCUT2D eigenvalue weighted by Gasteiger charge is -2.35. The van der Waals surface area contributed by atoms with E-state index in [1.54, 1.807) is 6.20 Å². The second kappa shape index (κ2) is 7.38. The first-order valence-electron chi connectivity index (χ1n) is 6.56. The van der Waals surface area contributed by atoms with Crippen molar-refractivity contribution in [3.05, 3.63) is 21.2 Å². The van der Waals surface area contributed by atoms with Gasteiger partial charge in [-0.05, 0) is 44.3 Å². The molecule has 2 heterocycles. The number of rotatable bonds is 4. The van der Waals surface area contributed by atoms with Crippen LogP contribution >= 0.6 is 31.9 Å². The summed E-state index contributed by atoms with van der Waals surface area (Å²) < 4.78 is 7.20. The lowest BCUT2D eigenvalue weighted by molar-refractivity contribution is -0.124. The molecule has 1 atom stereocenters. The Morgan fingerprint density at radius 2 is 2.40 bits per heavy atom. The van der Waals surface area contributed by atoms with Gasteiger partial charge in [0.25, 0.3) is 0 Å². The molecule has 0 radical (unpaired) electrons. The van der Waals surface area contributed by atoms with Crippen molar-refractivity contribution in [1.82, 2.24) is 10.3 Å². The molecule has 1 unspecified atom stereocenters. The molecule has 110 valence electrons. The molecule has 2 rings (SSSR count). The van der Waals surface area contributed by atoms with Gasteiger partial charge < -0.3 is 15.0 Å². The number of pyridine rings is 1. The van der Waals surface area contributed by atoms with Gasteiger partial charge in [0.05, 0.1) is 17.7 Å². The van der Waals surface area contributed by atoms with Crippen LogP contribution in [0.4, 0.5) is 5.82 Å². The van der Waals surface area contributed by atoms with Crippen LogP contribution < -0.4 is 10.2 Å². The predicted molar refractivity (Wildman–Crippen MR) is 84.9 cm³/mol. The smallest absolute Gasteiger partial charge is 0.245 e. The highest BCUT2D eigenvalue weighted by Gasteiger charge is 2.31. The van der Waals surface area contributed by atoms with Gasteiger partial charge in [-0.25, -0.2) is 4.98 Å². The van der Waals surface area contributed by atoms with Crippen LogP contribution in [0.2, 0.25) is 0 Å². The largest absolute Gasteiger partial charge is 0.377 e. The Balaban J connectivity index is 2.19. The zero-order valence-electron chi connectivity index (χ0n) is 11.2. The summed E-state index contributed by atoms with van der Waals surface area (Å²) in [6.07, 6.45) is 2.65. The van der Waals surface area contributed by atoms with E-state index < -0.39 is 0 Å². The fourth-order valence-electron chi connectivity index (χ4n) is 2.06. The number of aromatic nitrogens is 1. The van der Waals surface area contributed by atoms with Crippen LogP contribution in [-0.2, 0) is 9.53 Å². The van der Waals surface area contributed by atoms with E-state index in [4.69, 9.17) is 4.74 Å². The number of nitrogens with zero attached hydrogens (tertiary/aromatic N) is 2. The summed E-state index contributed by atoms with van der Waals surface area (Å²) in [6, 6.07) is 1.60. The molecule has 0 spiro atoms. The van der Waals surface area contributed by atoms with Crippen molar-refractivity contribution in [3.8, 4) is 0 Å². The third kappa shape index (κ3) is 3.71. The van der Waals surface area contributed by atoms with E-state index in [0.29, 0.717) is 26.3 Å². The summed E-state index contributed by atoms with van der Waals surface area (Å²) in [5.74, 6) is 0.760. The van der Waals surface area contributed by atoms with Gasteiger partial charge >= 0.3 is 0 Å². The minimum absolute atomic E-state index is 0.0110. The van der Waals surface area contributed by atoms with Gasteiger partial charge in [0.1, 0.15) is 11.9 Å². The summed E-state index contributed by atoms with van der Waals surface area (Å²) in [4.78, 5) is 18.6. The quantitative estimate of drug-likeness (QED) is 0.833. The highest BCUT2D eigenvalue weighted by molar-refractivity contribution is 9.11. The van der Waals surface area contributed by atoms with Gasteiger partial charge in [-0.15, -0.1) is 0 Å². The lowest BCUT2D eigenvalue weighted by Crippen LogP contribution is -2.54. The molecule has 5 nitrogen and oxygen atoms in total. The molecule has 1 fully saturated rings. The van der Waals surface area contributed by atoms with Crippen molar-refractivity contribution in [2.24, 2.45) is 0 Å². The minimum atomic E-state index is -0.333. The number of halogens is 2. The monoisotopic (exact) mass is 405 g/mol. The molecule has 1 N–H and O–H groups in total. The van der Waals surface area contributed by atoms with Crippen molar-refractivity contribution in [2.75, 3.05) is 31.2 Å². The Morgan fingerprint density at radius 1 is 1.60 bits per heavy atom. The summed E-state index contributed by atoms with van der Waals surface area (Å²) in [5, 5.41) is 2.92. The minimum Gasteiger partial charge on any atom is -0.377 e. The summed E-state index contributed by atoms with van der Waals surface area (Å²) in [5.41, 5.74) is 0. The molecule has 1 aliphatic heterocycles. The van der Waals surface area contributed by atoms with E-state index in [0.717, 1.165) is 21.2 Å². The molecule has 0 saturated carbocycles. The molecule has 0 bridgehead atoms. The first-order chi connectivity index (χ1) is 9.63. The predicted octanol–water partition coefficient (Wildman–Crippen LogP) is 2.34. The highest BCUT2D eigenvalue weighted by Crippen LogP contribution is 2.29. The third-order valence-corrected chi connectivity index (χ3v) is 4.06. The fourth-order valence-corrected chi connectivity index (χ4v) is 3.27. The maximum absolute atomic E-state index is 12.2. The maximum atomic E-state index is 12.2. The number of anilines is 1. The molecule has 1 aromatic rings. The molecule has 1 amide bonds. The molecular formula is C13H17Br2N3O2. The molecule has 7 heteroatoms. The van der Waals surface area contributed by atoms with E-state index >= 15 is 0 Å². The fraction of sp³-hybridized carbons (Fsp3) is 0.538. The second-order valence-electron chi connectivity index (χ2n) is 4.53. The van der Waals surface area contributed by atoms with Crippen LogP contribution in [-0.4, -0.2) is 43.2 Å². The SMILES string of the molecule is CCCNC(=O)C1COCCN1c1ncc(Br)cc1Br. The van der Waals surface area contributed by atoms with E-state index in [2.05, 4.69) is 42.2 Å². The average molecular weight is 407 g/mol. The first-order valence-corrected chi connectivity index (χ1v) is 8.15. The van der Waals surface area contributed by atoms with Crippen molar-refractivity contribution >= 4 is 43.6 Å². The number of amides is 1. The number of carbonyl (C=O) groups is 1. The zero-order chi connectivity index (χ0) is 14.5. The van der Waals surface area contributed by atoms with Crippen LogP contribution in [0.1, 0.15) is 13.3 Å². The van der Waals surface area contributed by atoms with Crippen molar-refractivity contribution in [1.29, 1.82) is 0 Å². The van der Waals surface area contributed by atoms with E-state index in [1.807, 2.05) is 17.9 Å². The molecule has 1 aliphatic rings. The van der Waals surface area contributed by atoms with Crippen LogP contribution in [0.25, 0.3) is 0 Å². The van der Waals surface area contributed by atoms with Gasteiger partial charge in [0.15, 0.2) is 0 Å².